The molecule has 0 spiro atoms. The number of rotatable bonds is 7. The Morgan fingerprint density at radius 3 is 2.12 bits per heavy atom. The lowest BCUT2D eigenvalue weighted by Crippen LogP contribution is -2.33. The number of hydrogen-bond acceptors (Lipinski definition) is 2. The summed E-state index contributed by atoms with van der Waals surface area (Å²) in [6.45, 7) is 10.1. The molecule has 0 aromatic heterocycles. The molecule has 0 fully saturated rings. The molecule has 178 valence electrons. The minimum atomic E-state index is -0.911. The maximum Gasteiger partial charge on any atom is 0.335 e. The topological polar surface area (TPSA) is 46.5 Å². The van der Waals surface area contributed by atoms with E-state index in [4.69, 9.17) is 4.74 Å². The maximum absolute atomic E-state index is 11.3. The number of benzene rings is 3. The van der Waals surface area contributed by atoms with Crippen molar-refractivity contribution >= 4 is 28.6 Å². The molecular weight excluding hydrogens is 535 g/mol. The molecule has 0 unspecified atom stereocenters. The van der Waals surface area contributed by atoms with Crippen LogP contribution in [0.3, 0.4) is 0 Å². The highest BCUT2D eigenvalue weighted by Crippen LogP contribution is 2.47. The van der Waals surface area contributed by atoms with E-state index in [1.165, 1.54) is 24.0 Å². The summed E-state index contributed by atoms with van der Waals surface area (Å²) in [5.41, 5.74) is 7.76. The molecule has 0 saturated carbocycles. The Hall–Kier alpha value is -2.34. The van der Waals surface area contributed by atoms with E-state index in [1.54, 1.807) is 12.1 Å². The Balaban J connectivity index is 1.81. The summed E-state index contributed by atoms with van der Waals surface area (Å²) in [5, 5.41) is 9.24. The Kier molecular flexibility index (Phi) is 7.09. The van der Waals surface area contributed by atoms with Crippen molar-refractivity contribution in [1.29, 1.82) is 0 Å². The third-order valence-corrected chi connectivity index (χ3v) is 7.91. The molecule has 3 aromatic carbocycles. The lowest BCUT2D eigenvalue weighted by Gasteiger charge is -2.42. The molecule has 1 aliphatic carbocycles. The van der Waals surface area contributed by atoms with Crippen molar-refractivity contribution in [3.63, 3.8) is 0 Å². The van der Waals surface area contributed by atoms with Gasteiger partial charge in [0.1, 0.15) is 5.75 Å². The zero-order valence-electron chi connectivity index (χ0n) is 20.5. The Labute approximate surface area is 216 Å². The van der Waals surface area contributed by atoms with Crippen LogP contribution < -0.4 is 4.74 Å². The summed E-state index contributed by atoms with van der Waals surface area (Å²) >= 11 is 2.38. The van der Waals surface area contributed by atoms with Crippen molar-refractivity contribution in [2.24, 2.45) is 0 Å². The van der Waals surface area contributed by atoms with Gasteiger partial charge in [0.05, 0.1) is 12.2 Å². The second kappa shape index (κ2) is 9.73. The van der Waals surface area contributed by atoms with Gasteiger partial charge in [-0.05, 0) is 82.2 Å². The molecule has 0 heterocycles. The number of carboxylic acids is 1. The number of halogens is 1. The zero-order chi connectivity index (χ0) is 24.5. The fraction of sp³-hybridized carbons (Fsp3) is 0.367. The highest BCUT2D eigenvalue weighted by atomic mass is 127. The summed E-state index contributed by atoms with van der Waals surface area (Å²) in [6.07, 6.45) is 3.37. The number of hydrogen-bond donors (Lipinski definition) is 1. The van der Waals surface area contributed by atoms with Crippen molar-refractivity contribution < 1.29 is 14.6 Å². The van der Waals surface area contributed by atoms with E-state index in [9.17, 15) is 9.90 Å². The summed E-state index contributed by atoms with van der Waals surface area (Å²) in [6, 6.07) is 20.3. The number of aromatic carboxylic acids is 1. The first-order chi connectivity index (χ1) is 16.1. The molecule has 1 aliphatic rings. The minimum Gasteiger partial charge on any atom is -0.493 e. The number of carbonyl (C=O) groups is 1. The minimum absolute atomic E-state index is 0.132. The van der Waals surface area contributed by atoms with Gasteiger partial charge in [0, 0.05) is 9.99 Å². The number of carboxylic acid groups (broad SMARTS) is 1. The maximum atomic E-state index is 11.3. The molecule has 0 saturated heterocycles. The Morgan fingerprint density at radius 1 is 0.853 bits per heavy atom. The van der Waals surface area contributed by atoms with Crippen LogP contribution in [0.15, 0.2) is 60.7 Å². The zero-order valence-corrected chi connectivity index (χ0v) is 22.6. The Morgan fingerprint density at radius 2 is 1.47 bits per heavy atom. The van der Waals surface area contributed by atoms with Crippen LogP contribution in [-0.2, 0) is 10.8 Å². The predicted molar refractivity (Wildman–Crippen MR) is 149 cm³/mol. The van der Waals surface area contributed by atoms with E-state index in [0.717, 1.165) is 38.9 Å². The van der Waals surface area contributed by atoms with Gasteiger partial charge in [-0.15, -0.1) is 0 Å². The van der Waals surface area contributed by atoms with E-state index in [1.807, 2.05) is 12.1 Å². The van der Waals surface area contributed by atoms with Crippen LogP contribution in [0.2, 0.25) is 0 Å². The third kappa shape index (κ3) is 5.02. The van der Waals surface area contributed by atoms with Gasteiger partial charge in [-0.3, -0.25) is 0 Å². The quantitative estimate of drug-likeness (QED) is 0.177. The van der Waals surface area contributed by atoms with Crippen LogP contribution in [0, 0.1) is 0 Å². The molecule has 34 heavy (non-hydrogen) atoms. The Bertz CT molecular complexity index is 1190. The van der Waals surface area contributed by atoms with Crippen LogP contribution in [0.1, 0.15) is 68.4 Å². The van der Waals surface area contributed by atoms with Crippen molar-refractivity contribution in [3.05, 3.63) is 77.4 Å². The number of fused-ring (bicyclic) bond motifs is 1. The second-order valence-electron chi connectivity index (χ2n) is 10.5. The molecular formula is C30H33IO3. The fourth-order valence-corrected chi connectivity index (χ4v) is 5.17. The standard InChI is InChI=1S/C30H33IO3/c1-29(2)14-15-30(3,4)26-19-23(10-12-25(26)29)24-18-22(11-13-27(24)34-17-5-16-31)20-6-8-21(9-7-20)28(32)33/h6-13,18-19H,5,14-17H2,1-4H3,(H,32,33). The molecule has 4 rings (SSSR count). The molecule has 3 aromatic rings. The van der Waals surface area contributed by atoms with Gasteiger partial charge in [-0.25, -0.2) is 4.79 Å². The molecule has 0 radical (unpaired) electrons. The first kappa shape index (κ1) is 24.8. The van der Waals surface area contributed by atoms with Crippen LogP contribution in [0.25, 0.3) is 22.3 Å². The van der Waals surface area contributed by atoms with Crippen LogP contribution >= 0.6 is 22.6 Å². The highest BCUT2D eigenvalue weighted by molar-refractivity contribution is 14.1. The average molecular weight is 568 g/mol. The van der Waals surface area contributed by atoms with E-state index in [0.29, 0.717) is 12.2 Å². The fourth-order valence-electron chi connectivity index (χ4n) is 4.86. The molecule has 3 nitrogen and oxygen atoms in total. The summed E-state index contributed by atoms with van der Waals surface area (Å²) in [7, 11) is 0. The molecule has 0 bridgehead atoms. The third-order valence-electron chi connectivity index (χ3n) is 7.14. The van der Waals surface area contributed by atoms with Gasteiger partial charge >= 0.3 is 5.97 Å². The van der Waals surface area contributed by atoms with Gasteiger partial charge in [0.2, 0.25) is 0 Å². The molecule has 0 atom stereocenters. The lowest BCUT2D eigenvalue weighted by atomic mass is 9.63. The SMILES string of the molecule is CC1(C)CCC(C)(C)c2cc(-c3cc(-c4ccc(C(=O)O)cc4)ccc3OCCCI)ccc21. The summed E-state index contributed by atoms with van der Waals surface area (Å²) in [5.74, 6) is -0.0190. The number of ether oxygens (including phenoxy) is 1. The second-order valence-corrected chi connectivity index (χ2v) is 11.6. The van der Waals surface area contributed by atoms with E-state index < -0.39 is 5.97 Å². The van der Waals surface area contributed by atoms with Crippen LogP contribution in [0.5, 0.6) is 5.75 Å². The van der Waals surface area contributed by atoms with Gasteiger partial charge in [-0.2, -0.15) is 0 Å². The number of alkyl halides is 1. The van der Waals surface area contributed by atoms with Crippen molar-refractivity contribution in [3.8, 4) is 28.0 Å². The summed E-state index contributed by atoms with van der Waals surface area (Å²) < 4.78 is 7.29. The largest absolute Gasteiger partial charge is 0.493 e. The average Bonchev–Trinajstić information content (AvgIpc) is 2.82. The molecule has 0 amide bonds. The lowest BCUT2D eigenvalue weighted by molar-refractivity contribution is 0.0697. The van der Waals surface area contributed by atoms with E-state index in [2.05, 4.69) is 86.7 Å². The monoisotopic (exact) mass is 568 g/mol. The smallest absolute Gasteiger partial charge is 0.335 e. The molecule has 0 aliphatic heterocycles. The highest BCUT2D eigenvalue weighted by Gasteiger charge is 2.37. The van der Waals surface area contributed by atoms with Gasteiger partial charge in [0.15, 0.2) is 0 Å². The molecule has 1 N–H and O–H groups in total. The normalized spacial score (nSPS) is 16.0. The van der Waals surface area contributed by atoms with E-state index >= 15 is 0 Å². The van der Waals surface area contributed by atoms with Crippen molar-refractivity contribution in [1.82, 2.24) is 0 Å². The van der Waals surface area contributed by atoms with Gasteiger partial charge < -0.3 is 9.84 Å². The van der Waals surface area contributed by atoms with Crippen LogP contribution in [-0.4, -0.2) is 22.1 Å². The predicted octanol–water partition coefficient (Wildman–Crippen LogP) is 8.27. The van der Waals surface area contributed by atoms with Crippen molar-refractivity contribution in [2.45, 2.75) is 57.8 Å². The first-order valence-corrected chi connectivity index (χ1v) is 13.5. The van der Waals surface area contributed by atoms with Gasteiger partial charge in [0.25, 0.3) is 0 Å². The van der Waals surface area contributed by atoms with E-state index in [-0.39, 0.29) is 10.8 Å². The summed E-state index contributed by atoms with van der Waals surface area (Å²) in [4.78, 5) is 11.3. The molecule has 4 heteroatoms. The van der Waals surface area contributed by atoms with Gasteiger partial charge in [-0.1, -0.05) is 86.7 Å². The van der Waals surface area contributed by atoms with Crippen LogP contribution in [0.4, 0.5) is 0 Å². The first-order valence-electron chi connectivity index (χ1n) is 11.9. The van der Waals surface area contributed by atoms with Crippen molar-refractivity contribution in [2.75, 3.05) is 11.0 Å².